The first-order valence-corrected chi connectivity index (χ1v) is 10.7. The molecule has 0 saturated carbocycles. The molecule has 0 spiro atoms. The standard InChI is InChI=1S/C23H26BrN3O2/c1-14-5-6-18(23(28)27-7-9-29-10-8-27)16(3)19(14)13-21-25-22-15(2)11-17(24)12-20(22)26(21)4/h5-6,11-12H,7-10,13H2,1-4H3. The Morgan fingerprint density at radius 2 is 1.86 bits per heavy atom. The Balaban J connectivity index is 1.72. The monoisotopic (exact) mass is 455 g/mol. The summed E-state index contributed by atoms with van der Waals surface area (Å²) >= 11 is 3.59. The van der Waals surface area contributed by atoms with Crippen LogP contribution < -0.4 is 0 Å². The van der Waals surface area contributed by atoms with Crippen molar-refractivity contribution in [3.8, 4) is 0 Å². The fourth-order valence-electron chi connectivity index (χ4n) is 4.11. The highest BCUT2D eigenvalue weighted by Crippen LogP contribution is 2.27. The van der Waals surface area contributed by atoms with Gasteiger partial charge in [-0.15, -0.1) is 0 Å². The molecule has 6 heteroatoms. The second kappa shape index (κ2) is 7.92. The van der Waals surface area contributed by atoms with Crippen LogP contribution in [-0.4, -0.2) is 46.7 Å². The Labute approximate surface area is 179 Å². The van der Waals surface area contributed by atoms with Gasteiger partial charge in [-0.1, -0.05) is 22.0 Å². The van der Waals surface area contributed by atoms with Gasteiger partial charge in [-0.2, -0.15) is 0 Å². The second-order valence-electron chi connectivity index (χ2n) is 7.79. The first-order chi connectivity index (χ1) is 13.9. The van der Waals surface area contributed by atoms with Gasteiger partial charge in [-0.3, -0.25) is 4.79 Å². The number of hydrogen-bond acceptors (Lipinski definition) is 3. The number of ether oxygens (including phenoxy) is 1. The second-order valence-corrected chi connectivity index (χ2v) is 8.71. The van der Waals surface area contributed by atoms with E-state index in [0.717, 1.165) is 38.0 Å². The minimum Gasteiger partial charge on any atom is -0.378 e. The molecule has 1 aromatic heterocycles. The number of morpholine rings is 1. The number of nitrogens with zero attached hydrogens (tertiary/aromatic N) is 3. The maximum atomic E-state index is 13.1. The lowest BCUT2D eigenvalue weighted by Crippen LogP contribution is -2.41. The molecule has 0 radical (unpaired) electrons. The van der Waals surface area contributed by atoms with Crippen LogP contribution in [-0.2, 0) is 18.2 Å². The van der Waals surface area contributed by atoms with Gasteiger partial charge in [0.1, 0.15) is 5.82 Å². The first-order valence-electron chi connectivity index (χ1n) is 9.94. The largest absolute Gasteiger partial charge is 0.378 e. The number of rotatable bonds is 3. The van der Waals surface area contributed by atoms with Crippen molar-refractivity contribution in [2.75, 3.05) is 26.3 Å². The summed E-state index contributed by atoms with van der Waals surface area (Å²) in [5.41, 5.74) is 7.49. The molecule has 1 aliphatic heterocycles. The summed E-state index contributed by atoms with van der Waals surface area (Å²) in [6.45, 7) is 8.77. The normalized spacial score (nSPS) is 14.6. The Morgan fingerprint density at radius 3 is 2.59 bits per heavy atom. The summed E-state index contributed by atoms with van der Waals surface area (Å²) in [6, 6.07) is 8.22. The molecule has 1 aliphatic rings. The van der Waals surface area contributed by atoms with Crippen LogP contribution in [0.2, 0.25) is 0 Å². The van der Waals surface area contributed by atoms with E-state index in [1.54, 1.807) is 0 Å². The van der Waals surface area contributed by atoms with Crippen LogP contribution >= 0.6 is 15.9 Å². The molecule has 4 rings (SSSR count). The lowest BCUT2D eigenvalue weighted by Gasteiger charge is -2.28. The molecular formula is C23H26BrN3O2. The zero-order valence-corrected chi connectivity index (χ0v) is 19.0. The van der Waals surface area contributed by atoms with Gasteiger partial charge in [-0.25, -0.2) is 4.98 Å². The van der Waals surface area contributed by atoms with E-state index in [2.05, 4.69) is 66.5 Å². The highest BCUT2D eigenvalue weighted by Gasteiger charge is 2.22. The molecule has 2 heterocycles. The van der Waals surface area contributed by atoms with Crippen molar-refractivity contribution in [3.63, 3.8) is 0 Å². The summed E-state index contributed by atoms with van der Waals surface area (Å²) in [4.78, 5) is 19.9. The summed E-state index contributed by atoms with van der Waals surface area (Å²) in [5, 5.41) is 0. The van der Waals surface area contributed by atoms with Crippen molar-refractivity contribution < 1.29 is 9.53 Å². The molecule has 152 valence electrons. The van der Waals surface area contributed by atoms with E-state index in [1.807, 2.05) is 11.0 Å². The average molecular weight is 456 g/mol. The quantitative estimate of drug-likeness (QED) is 0.590. The molecule has 0 unspecified atom stereocenters. The maximum absolute atomic E-state index is 13.1. The van der Waals surface area contributed by atoms with Crippen LogP contribution in [0.25, 0.3) is 11.0 Å². The Bertz CT molecular complexity index is 1100. The van der Waals surface area contributed by atoms with E-state index in [-0.39, 0.29) is 5.91 Å². The molecule has 2 aromatic carbocycles. The van der Waals surface area contributed by atoms with Gasteiger partial charge < -0.3 is 14.2 Å². The van der Waals surface area contributed by atoms with Gasteiger partial charge in [0.05, 0.1) is 24.2 Å². The molecule has 29 heavy (non-hydrogen) atoms. The van der Waals surface area contributed by atoms with E-state index < -0.39 is 0 Å². The van der Waals surface area contributed by atoms with Crippen molar-refractivity contribution in [2.24, 2.45) is 7.05 Å². The molecule has 1 saturated heterocycles. The molecule has 0 bridgehead atoms. The lowest BCUT2D eigenvalue weighted by molar-refractivity contribution is 0.0302. The van der Waals surface area contributed by atoms with Crippen molar-refractivity contribution in [1.29, 1.82) is 0 Å². The minimum atomic E-state index is 0.0943. The summed E-state index contributed by atoms with van der Waals surface area (Å²) in [7, 11) is 2.06. The predicted octanol–water partition coefficient (Wildman–Crippen LogP) is 4.32. The summed E-state index contributed by atoms with van der Waals surface area (Å²) in [6.07, 6.45) is 0.699. The number of halogens is 1. The molecule has 5 nitrogen and oxygen atoms in total. The number of benzene rings is 2. The van der Waals surface area contributed by atoms with Crippen LogP contribution in [0.1, 0.15) is 38.4 Å². The highest BCUT2D eigenvalue weighted by atomic mass is 79.9. The fraction of sp³-hybridized carbons (Fsp3) is 0.391. The van der Waals surface area contributed by atoms with E-state index >= 15 is 0 Å². The number of carbonyl (C=O) groups excluding carboxylic acids is 1. The molecule has 0 atom stereocenters. The number of fused-ring (bicyclic) bond motifs is 1. The SMILES string of the molecule is Cc1ccc(C(=O)N2CCOCC2)c(C)c1Cc1nc2c(C)cc(Br)cc2n1C. The molecule has 1 amide bonds. The number of carbonyl (C=O) groups is 1. The summed E-state index contributed by atoms with van der Waals surface area (Å²) < 4.78 is 8.60. The molecular weight excluding hydrogens is 430 g/mol. The van der Waals surface area contributed by atoms with Crippen molar-refractivity contribution in [2.45, 2.75) is 27.2 Å². The summed E-state index contributed by atoms with van der Waals surface area (Å²) in [5.74, 6) is 1.10. The van der Waals surface area contributed by atoms with Crippen LogP contribution in [0, 0.1) is 20.8 Å². The smallest absolute Gasteiger partial charge is 0.254 e. The third-order valence-corrected chi connectivity index (χ3v) is 6.39. The van der Waals surface area contributed by atoms with Crippen molar-refractivity contribution in [3.05, 3.63) is 62.4 Å². The van der Waals surface area contributed by atoms with Crippen LogP contribution in [0.4, 0.5) is 0 Å². The van der Waals surface area contributed by atoms with Crippen LogP contribution in [0.5, 0.6) is 0 Å². The Kier molecular flexibility index (Phi) is 5.49. The lowest BCUT2D eigenvalue weighted by atomic mass is 9.94. The van der Waals surface area contributed by atoms with Gasteiger partial charge in [0.25, 0.3) is 5.91 Å². The van der Waals surface area contributed by atoms with E-state index in [9.17, 15) is 4.79 Å². The van der Waals surface area contributed by atoms with Crippen molar-refractivity contribution >= 4 is 32.9 Å². The van der Waals surface area contributed by atoms with Crippen LogP contribution in [0.3, 0.4) is 0 Å². The highest BCUT2D eigenvalue weighted by molar-refractivity contribution is 9.10. The minimum absolute atomic E-state index is 0.0943. The maximum Gasteiger partial charge on any atom is 0.254 e. The van der Waals surface area contributed by atoms with Gasteiger partial charge in [0, 0.05) is 36.6 Å². The third kappa shape index (κ3) is 3.71. The van der Waals surface area contributed by atoms with Gasteiger partial charge >= 0.3 is 0 Å². The molecule has 1 fully saturated rings. The molecule has 0 aliphatic carbocycles. The molecule has 0 N–H and O–H groups in total. The Morgan fingerprint density at radius 1 is 1.14 bits per heavy atom. The molecule has 3 aromatic rings. The third-order valence-electron chi connectivity index (χ3n) is 5.93. The van der Waals surface area contributed by atoms with Crippen LogP contribution in [0.15, 0.2) is 28.7 Å². The van der Waals surface area contributed by atoms with E-state index in [1.165, 1.54) is 11.1 Å². The zero-order valence-electron chi connectivity index (χ0n) is 17.4. The first kappa shape index (κ1) is 20.1. The van der Waals surface area contributed by atoms with E-state index in [0.29, 0.717) is 32.7 Å². The number of aromatic nitrogens is 2. The van der Waals surface area contributed by atoms with Gasteiger partial charge in [-0.05, 0) is 61.2 Å². The number of hydrogen-bond donors (Lipinski definition) is 0. The zero-order chi connectivity index (χ0) is 20.7. The van der Waals surface area contributed by atoms with Crippen molar-refractivity contribution in [1.82, 2.24) is 14.5 Å². The number of imidazole rings is 1. The number of amides is 1. The number of aryl methyl sites for hydroxylation is 3. The van der Waals surface area contributed by atoms with Gasteiger partial charge in [0.2, 0.25) is 0 Å². The average Bonchev–Trinajstić information content (AvgIpc) is 3.01. The van der Waals surface area contributed by atoms with Gasteiger partial charge in [0.15, 0.2) is 0 Å². The fourth-order valence-corrected chi connectivity index (χ4v) is 4.67. The van der Waals surface area contributed by atoms with E-state index in [4.69, 9.17) is 9.72 Å². The predicted molar refractivity (Wildman–Crippen MR) is 119 cm³/mol. The topological polar surface area (TPSA) is 47.4 Å². The Hall–Kier alpha value is -2.18.